The number of rotatable bonds is 6. The van der Waals surface area contributed by atoms with Crippen molar-refractivity contribution in [3.8, 4) is 51.2 Å². The minimum atomic E-state index is 0.626. The molecule has 4 heterocycles. The predicted molar refractivity (Wildman–Crippen MR) is 259 cm³/mol. The van der Waals surface area contributed by atoms with E-state index in [9.17, 15) is 0 Å². The van der Waals surface area contributed by atoms with Crippen LogP contribution >= 0.6 is 0 Å². The molecule has 0 spiro atoms. The molecule has 0 saturated heterocycles. The third-order valence-electron chi connectivity index (χ3n) is 12.5. The van der Waals surface area contributed by atoms with Gasteiger partial charge in [0.15, 0.2) is 17.5 Å². The van der Waals surface area contributed by atoms with Crippen LogP contribution in [0.25, 0.3) is 117 Å². The number of para-hydroxylation sites is 4. The monoisotopic (exact) mass is 804 g/mol. The summed E-state index contributed by atoms with van der Waals surface area (Å²) < 4.78 is 7.25. The highest BCUT2D eigenvalue weighted by Gasteiger charge is 2.25. The Labute approximate surface area is 362 Å². The van der Waals surface area contributed by atoms with Crippen molar-refractivity contribution in [2.75, 3.05) is 0 Å². The fourth-order valence-corrected chi connectivity index (χ4v) is 9.80. The van der Waals surface area contributed by atoms with Gasteiger partial charge < -0.3 is 13.7 Å². The highest BCUT2D eigenvalue weighted by Crippen LogP contribution is 2.45. The Bertz CT molecular complexity index is 3830. The van der Waals surface area contributed by atoms with Crippen molar-refractivity contribution >= 4 is 65.4 Å². The number of hydrogen-bond donors (Lipinski definition) is 0. The maximum atomic E-state index is 5.26. The minimum Gasteiger partial charge on any atom is -0.309 e. The highest BCUT2D eigenvalue weighted by atomic mass is 15.0. The quantitative estimate of drug-likeness (QED) is 0.168. The van der Waals surface area contributed by atoms with E-state index in [1.165, 1.54) is 27.1 Å². The van der Waals surface area contributed by atoms with Crippen LogP contribution in [-0.4, -0.2) is 28.7 Å². The summed E-state index contributed by atoms with van der Waals surface area (Å²) in [6.45, 7) is 0. The molecule has 0 saturated carbocycles. The van der Waals surface area contributed by atoms with Gasteiger partial charge in [0.1, 0.15) is 0 Å². The molecule has 0 bridgehead atoms. The molecule has 4 aromatic heterocycles. The number of benzene rings is 9. The molecule has 0 N–H and O–H groups in total. The van der Waals surface area contributed by atoms with Crippen LogP contribution in [0.2, 0.25) is 0 Å². The summed E-state index contributed by atoms with van der Waals surface area (Å²) >= 11 is 0. The first-order valence-electron chi connectivity index (χ1n) is 21.3. The Balaban J connectivity index is 1.17. The van der Waals surface area contributed by atoms with Crippen molar-refractivity contribution < 1.29 is 0 Å². The summed E-state index contributed by atoms with van der Waals surface area (Å²) in [4.78, 5) is 15.6. The van der Waals surface area contributed by atoms with Crippen LogP contribution in [-0.2, 0) is 0 Å². The van der Waals surface area contributed by atoms with Crippen molar-refractivity contribution in [1.82, 2.24) is 28.7 Å². The smallest absolute Gasteiger partial charge is 0.164 e. The van der Waals surface area contributed by atoms with E-state index in [0.29, 0.717) is 17.5 Å². The highest BCUT2D eigenvalue weighted by molar-refractivity contribution is 6.28. The Hall–Kier alpha value is -8.61. The van der Waals surface area contributed by atoms with Gasteiger partial charge in [-0.15, -0.1) is 0 Å². The summed E-state index contributed by atoms with van der Waals surface area (Å²) in [5.41, 5.74) is 13.0. The zero-order valence-corrected chi connectivity index (χ0v) is 34.0. The zero-order chi connectivity index (χ0) is 41.4. The van der Waals surface area contributed by atoms with Crippen LogP contribution in [0.4, 0.5) is 0 Å². The number of fused-ring (bicyclic) bond motifs is 10. The van der Waals surface area contributed by atoms with Crippen LogP contribution in [0.3, 0.4) is 0 Å². The summed E-state index contributed by atoms with van der Waals surface area (Å²) in [5.74, 6) is 1.89. The van der Waals surface area contributed by atoms with Crippen LogP contribution in [0.5, 0.6) is 0 Å². The molecule has 0 aliphatic carbocycles. The maximum absolute atomic E-state index is 5.26. The SMILES string of the molecule is c1ccc(-c2nc(-c3ccccc3)nc(-c3cccc4c3c3ccc5c(c6ccccc6n5-c5ccccc5)c3n4-c3ccc4c(c3)c3ccccc3n4-c3ccccc3)n2)cc1. The first kappa shape index (κ1) is 35.2. The van der Waals surface area contributed by atoms with E-state index in [1.54, 1.807) is 0 Å². The molecule has 9 aromatic carbocycles. The average Bonchev–Trinajstić information content (AvgIpc) is 4.00. The third-order valence-corrected chi connectivity index (χ3v) is 12.5. The molecule has 13 rings (SSSR count). The molecule has 0 aliphatic heterocycles. The third kappa shape index (κ3) is 5.41. The van der Waals surface area contributed by atoms with Crippen molar-refractivity contribution in [2.24, 2.45) is 0 Å². The van der Waals surface area contributed by atoms with Crippen LogP contribution in [0.1, 0.15) is 0 Å². The fourth-order valence-electron chi connectivity index (χ4n) is 9.80. The predicted octanol–water partition coefficient (Wildman–Crippen LogP) is 14.2. The lowest BCUT2D eigenvalue weighted by molar-refractivity contribution is 1.08. The van der Waals surface area contributed by atoms with Gasteiger partial charge in [0.25, 0.3) is 0 Å². The van der Waals surface area contributed by atoms with Gasteiger partial charge in [-0.2, -0.15) is 0 Å². The van der Waals surface area contributed by atoms with Gasteiger partial charge in [0, 0.05) is 66.1 Å². The maximum Gasteiger partial charge on any atom is 0.164 e. The van der Waals surface area contributed by atoms with E-state index >= 15 is 0 Å². The van der Waals surface area contributed by atoms with Gasteiger partial charge in [-0.05, 0) is 66.7 Å². The summed E-state index contributed by atoms with van der Waals surface area (Å²) in [5, 5.41) is 6.98. The number of hydrogen-bond acceptors (Lipinski definition) is 3. The van der Waals surface area contributed by atoms with E-state index < -0.39 is 0 Å². The zero-order valence-electron chi connectivity index (χ0n) is 34.0. The van der Waals surface area contributed by atoms with Crippen molar-refractivity contribution in [1.29, 1.82) is 0 Å². The number of nitrogens with zero attached hydrogens (tertiary/aromatic N) is 6. The van der Waals surface area contributed by atoms with Gasteiger partial charge in [-0.25, -0.2) is 15.0 Å². The molecule has 63 heavy (non-hydrogen) atoms. The molecule has 0 amide bonds. The Kier molecular flexibility index (Phi) is 7.80. The van der Waals surface area contributed by atoms with Gasteiger partial charge in [-0.1, -0.05) is 152 Å². The lowest BCUT2D eigenvalue weighted by atomic mass is 10.0. The van der Waals surface area contributed by atoms with Gasteiger partial charge in [0.05, 0.1) is 33.1 Å². The van der Waals surface area contributed by atoms with E-state index in [1.807, 2.05) is 36.4 Å². The van der Waals surface area contributed by atoms with E-state index in [2.05, 4.69) is 196 Å². The van der Waals surface area contributed by atoms with Crippen LogP contribution in [0, 0.1) is 0 Å². The minimum absolute atomic E-state index is 0.626. The second kappa shape index (κ2) is 14.0. The van der Waals surface area contributed by atoms with Crippen LogP contribution in [0.15, 0.2) is 218 Å². The standard InChI is InChI=1S/C57H36N6/c1-5-18-37(19-6-1)55-58-56(38-20-7-2-8-21-38)60-57(59-55)45-28-17-31-50-52(45)44-33-35-51-53(43-27-14-16-30-48(43)62(51)40-24-11-4-12-25-40)54(44)63(50)41-32-34-49-46(36-41)42-26-13-15-29-47(42)61(49)39-22-9-3-10-23-39/h1-36H. The topological polar surface area (TPSA) is 53.5 Å². The number of aromatic nitrogens is 6. The first-order valence-corrected chi connectivity index (χ1v) is 21.3. The molecule has 6 nitrogen and oxygen atoms in total. The molecule has 0 fully saturated rings. The average molecular weight is 805 g/mol. The molecule has 0 unspecified atom stereocenters. The molecule has 294 valence electrons. The van der Waals surface area contributed by atoms with Crippen molar-refractivity contribution in [2.45, 2.75) is 0 Å². The summed E-state index contributed by atoms with van der Waals surface area (Å²) in [7, 11) is 0. The van der Waals surface area contributed by atoms with E-state index in [4.69, 9.17) is 15.0 Å². The largest absolute Gasteiger partial charge is 0.309 e. The summed E-state index contributed by atoms with van der Waals surface area (Å²) in [6.07, 6.45) is 0. The Morgan fingerprint density at radius 1 is 0.270 bits per heavy atom. The molecule has 6 heteroatoms. The lowest BCUT2D eigenvalue weighted by Gasteiger charge is -2.12. The molecule has 0 aliphatic rings. The van der Waals surface area contributed by atoms with Gasteiger partial charge in [-0.3, -0.25) is 0 Å². The molecule has 0 atom stereocenters. The van der Waals surface area contributed by atoms with E-state index in [0.717, 1.165) is 72.1 Å². The van der Waals surface area contributed by atoms with Crippen molar-refractivity contribution in [3.05, 3.63) is 218 Å². The second-order valence-corrected chi connectivity index (χ2v) is 16.0. The molecular weight excluding hydrogens is 769 g/mol. The van der Waals surface area contributed by atoms with E-state index in [-0.39, 0.29) is 0 Å². The van der Waals surface area contributed by atoms with Crippen LogP contribution < -0.4 is 0 Å². The molecular formula is C57H36N6. The summed E-state index contributed by atoms with van der Waals surface area (Å²) in [6, 6.07) is 77.3. The fraction of sp³-hybridized carbons (Fsp3) is 0. The molecule has 13 aromatic rings. The van der Waals surface area contributed by atoms with Gasteiger partial charge in [0.2, 0.25) is 0 Å². The normalized spacial score (nSPS) is 11.8. The van der Waals surface area contributed by atoms with Crippen molar-refractivity contribution in [3.63, 3.8) is 0 Å². The first-order chi connectivity index (χ1) is 31.3. The Morgan fingerprint density at radius 3 is 1.40 bits per heavy atom. The lowest BCUT2D eigenvalue weighted by Crippen LogP contribution is -2.00. The Morgan fingerprint density at radius 2 is 0.746 bits per heavy atom. The van der Waals surface area contributed by atoms with Gasteiger partial charge >= 0.3 is 0 Å². The molecule has 0 radical (unpaired) electrons. The second-order valence-electron chi connectivity index (χ2n) is 16.0.